The number of hydrogen-bond donors (Lipinski definition) is 1. The SMILES string of the molecule is Cc1cc(NC(=O)CCS(=O)(=O)c2ccc(Cl)c(Cl)c2)no1. The van der Waals surface area contributed by atoms with Crippen LogP contribution < -0.4 is 5.32 Å². The number of nitrogens with one attached hydrogen (secondary N) is 1. The van der Waals surface area contributed by atoms with Crippen LogP contribution in [0.3, 0.4) is 0 Å². The van der Waals surface area contributed by atoms with Crippen LogP contribution >= 0.6 is 23.2 Å². The lowest BCUT2D eigenvalue weighted by Crippen LogP contribution is -2.17. The Morgan fingerprint density at radius 1 is 1.27 bits per heavy atom. The largest absolute Gasteiger partial charge is 0.360 e. The van der Waals surface area contributed by atoms with E-state index in [4.69, 9.17) is 27.7 Å². The molecule has 0 radical (unpaired) electrons. The Labute approximate surface area is 137 Å². The first-order chi connectivity index (χ1) is 10.3. The number of nitrogens with zero attached hydrogens (tertiary/aromatic N) is 1. The summed E-state index contributed by atoms with van der Waals surface area (Å²) in [6, 6.07) is 5.54. The van der Waals surface area contributed by atoms with Crippen LogP contribution in [0.2, 0.25) is 10.0 Å². The third-order valence-electron chi connectivity index (χ3n) is 2.74. The maximum atomic E-state index is 12.1. The molecule has 1 heterocycles. The number of benzene rings is 1. The first-order valence-corrected chi connectivity index (χ1v) is 8.60. The van der Waals surface area contributed by atoms with Gasteiger partial charge in [0.1, 0.15) is 5.76 Å². The summed E-state index contributed by atoms with van der Waals surface area (Å²) in [6.07, 6.45) is -0.214. The fourth-order valence-electron chi connectivity index (χ4n) is 1.65. The average Bonchev–Trinajstić information content (AvgIpc) is 2.85. The number of rotatable bonds is 5. The van der Waals surface area contributed by atoms with Gasteiger partial charge in [-0.1, -0.05) is 28.4 Å². The molecule has 0 atom stereocenters. The summed E-state index contributed by atoms with van der Waals surface area (Å²) < 4.78 is 29.1. The molecule has 118 valence electrons. The summed E-state index contributed by atoms with van der Waals surface area (Å²) in [5.41, 5.74) is 0. The lowest BCUT2D eigenvalue weighted by molar-refractivity contribution is -0.115. The molecule has 0 spiro atoms. The highest BCUT2D eigenvalue weighted by Gasteiger charge is 2.18. The van der Waals surface area contributed by atoms with Crippen molar-refractivity contribution in [1.82, 2.24) is 5.16 Å². The van der Waals surface area contributed by atoms with E-state index in [1.807, 2.05) is 0 Å². The van der Waals surface area contributed by atoms with Crippen molar-refractivity contribution in [1.29, 1.82) is 0 Å². The van der Waals surface area contributed by atoms with Crippen LogP contribution in [0.1, 0.15) is 12.2 Å². The molecule has 1 aromatic heterocycles. The van der Waals surface area contributed by atoms with Crippen LogP contribution in [0.4, 0.5) is 5.82 Å². The van der Waals surface area contributed by atoms with E-state index in [0.717, 1.165) is 0 Å². The normalized spacial score (nSPS) is 11.4. The summed E-state index contributed by atoms with van der Waals surface area (Å²) in [7, 11) is -3.63. The number of halogens is 2. The molecule has 0 bridgehead atoms. The number of aryl methyl sites for hydroxylation is 1. The minimum absolute atomic E-state index is 0.0204. The molecule has 2 aromatic rings. The molecule has 0 fully saturated rings. The van der Waals surface area contributed by atoms with Crippen molar-refractivity contribution in [3.63, 3.8) is 0 Å². The van der Waals surface area contributed by atoms with Gasteiger partial charge in [-0.3, -0.25) is 4.79 Å². The zero-order valence-corrected chi connectivity index (χ0v) is 13.8. The molecule has 0 unspecified atom stereocenters. The fraction of sp³-hybridized carbons (Fsp3) is 0.231. The fourth-order valence-corrected chi connectivity index (χ4v) is 3.27. The second-order valence-electron chi connectivity index (χ2n) is 4.52. The Morgan fingerprint density at radius 2 is 2.00 bits per heavy atom. The van der Waals surface area contributed by atoms with Gasteiger partial charge in [0.25, 0.3) is 0 Å². The highest BCUT2D eigenvalue weighted by molar-refractivity contribution is 7.91. The molecule has 0 aliphatic heterocycles. The number of carbonyl (C=O) groups is 1. The van der Waals surface area contributed by atoms with Gasteiger partial charge in [0, 0.05) is 12.5 Å². The van der Waals surface area contributed by atoms with Crippen molar-refractivity contribution in [3.8, 4) is 0 Å². The Morgan fingerprint density at radius 3 is 2.59 bits per heavy atom. The minimum Gasteiger partial charge on any atom is -0.360 e. The summed E-state index contributed by atoms with van der Waals surface area (Å²) in [5, 5.41) is 6.45. The van der Waals surface area contributed by atoms with Gasteiger partial charge in [0.15, 0.2) is 15.7 Å². The Bertz CT molecular complexity index is 802. The van der Waals surface area contributed by atoms with Gasteiger partial charge in [0.2, 0.25) is 5.91 Å². The molecule has 0 saturated heterocycles. The molecular formula is C13H12Cl2N2O4S. The van der Waals surface area contributed by atoms with Crippen molar-refractivity contribution < 1.29 is 17.7 Å². The van der Waals surface area contributed by atoms with Gasteiger partial charge in [-0.2, -0.15) is 0 Å². The van der Waals surface area contributed by atoms with Crippen LogP contribution in [-0.4, -0.2) is 25.2 Å². The number of hydrogen-bond acceptors (Lipinski definition) is 5. The number of aromatic nitrogens is 1. The van der Waals surface area contributed by atoms with Gasteiger partial charge in [-0.25, -0.2) is 8.42 Å². The van der Waals surface area contributed by atoms with Crippen molar-refractivity contribution in [2.45, 2.75) is 18.2 Å². The molecule has 6 nitrogen and oxygen atoms in total. The molecule has 2 rings (SSSR count). The molecule has 1 N–H and O–H groups in total. The van der Waals surface area contributed by atoms with Crippen LogP contribution in [0.5, 0.6) is 0 Å². The summed E-state index contributed by atoms with van der Waals surface area (Å²) >= 11 is 11.5. The highest BCUT2D eigenvalue weighted by Crippen LogP contribution is 2.25. The molecule has 0 aliphatic carbocycles. The molecular weight excluding hydrogens is 351 g/mol. The number of amides is 1. The van der Waals surface area contributed by atoms with Gasteiger partial charge >= 0.3 is 0 Å². The quantitative estimate of drug-likeness (QED) is 0.882. The molecule has 22 heavy (non-hydrogen) atoms. The van der Waals surface area contributed by atoms with E-state index < -0.39 is 15.7 Å². The van der Waals surface area contributed by atoms with Gasteiger partial charge in [0.05, 0.1) is 20.7 Å². The summed E-state index contributed by atoms with van der Waals surface area (Å²) in [6.45, 7) is 1.68. The minimum atomic E-state index is -3.63. The lowest BCUT2D eigenvalue weighted by Gasteiger charge is -2.05. The van der Waals surface area contributed by atoms with Gasteiger partial charge in [-0.15, -0.1) is 0 Å². The predicted molar refractivity (Wildman–Crippen MR) is 83.0 cm³/mol. The van der Waals surface area contributed by atoms with Crippen molar-refractivity contribution in [2.75, 3.05) is 11.1 Å². The monoisotopic (exact) mass is 362 g/mol. The zero-order valence-electron chi connectivity index (χ0n) is 11.5. The first kappa shape index (κ1) is 16.8. The third kappa shape index (κ3) is 4.22. The van der Waals surface area contributed by atoms with E-state index in [1.165, 1.54) is 24.3 Å². The standard InChI is InChI=1S/C13H12Cl2N2O4S/c1-8-6-12(17-21-8)16-13(18)4-5-22(19,20)9-2-3-10(14)11(15)7-9/h2-3,6-7H,4-5H2,1H3,(H,16,17,18). The Hall–Kier alpha value is -1.57. The number of carbonyl (C=O) groups excluding carboxylic acids is 1. The maximum absolute atomic E-state index is 12.1. The highest BCUT2D eigenvalue weighted by atomic mass is 35.5. The number of anilines is 1. The average molecular weight is 363 g/mol. The van der Waals surface area contributed by atoms with Crippen LogP contribution in [0.15, 0.2) is 33.7 Å². The van der Waals surface area contributed by atoms with E-state index in [1.54, 1.807) is 6.92 Å². The van der Waals surface area contributed by atoms with E-state index in [-0.39, 0.29) is 32.9 Å². The molecule has 1 aromatic carbocycles. The Kier molecular flexibility index (Phi) is 5.10. The van der Waals surface area contributed by atoms with Crippen molar-refractivity contribution in [3.05, 3.63) is 40.1 Å². The molecule has 0 saturated carbocycles. The van der Waals surface area contributed by atoms with Gasteiger partial charge < -0.3 is 9.84 Å². The van der Waals surface area contributed by atoms with Crippen molar-refractivity contribution in [2.24, 2.45) is 0 Å². The smallest absolute Gasteiger partial charge is 0.226 e. The van der Waals surface area contributed by atoms with Crippen LogP contribution in [0, 0.1) is 6.92 Å². The summed E-state index contributed by atoms with van der Waals surface area (Å²) in [4.78, 5) is 11.7. The van der Waals surface area contributed by atoms with E-state index in [9.17, 15) is 13.2 Å². The van der Waals surface area contributed by atoms with Crippen LogP contribution in [-0.2, 0) is 14.6 Å². The summed E-state index contributed by atoms with van der Waals surface area (Å²) in [5.74, 6) is -0.0433. The molecule has 1 amide bonds. The molecule has 9 heteroatoms. The van der Waals surface area contributed by atoms with Gasteiger partial charge in [-0.05, 0) is 25.1 Å². The second-order valence-corrected chi connectivity index (χ2v) is 7.44. The second kappa shape index (κ2) is 6.68. The van der Waals surface area contributed by atoms with Crippen molar-refractivity contribution >= 4 is 44.8 Å². The zero-order chi connectivity index (χ0) is 16.3. The van der Waals surface area contributed by atoms with E-state index >= 15 is 0 Å². The topological polar surface area (TPSA) is 89.3 Å². The van der Waals surface area contributed by atoms with E-state index in [2.05, 4.69) is 10.5 Å². The van der Waals surface area contributed by atoms with E-state index in [0.29, 0.717) is 5.76 Å². The van der Waals surface area contributed by atoms with Crippen LogP contribution in [0.25, 0.3) is 0 Å². The Balaban J connectivity index is 2.00. The first-order valence-electron chi connectivity index (χ1n) is 6.19. The third-order valence-corrected chi connectivity index (χ3v) is 5.20. The lowest BCUT2D eigenvalue weighted by atomic mass is 10.4. The molecule has 0 aliphatic rings. The predicted octanol–water partition coefficient (Wildman–Crippen LogP) is 3.09. The maximum Gasteiger partial charge on any atom is 0.226 e. The number of sulfone groups is 1.